The Kier molecular flexibility index (Phi) is 6.66. The molecule has 1 N–H and O–H groups in total. The summed E-state index contributed by atoms with van der Waals surface area (Å²) in [5.41, 5.74) is 2.54. The van der Waals surface area contributed by atoms with E-state index >= 15 is 0 Å². The number of ether oxygens (including phenoxy) is 1. The molecule has 26 heavy (non-hydrogen) atoms. The topological polar surface area (TPSA) is 73.2 Å². The molecule has 0 saturated carbocycles. The highest BCUT2D eigenvalue weighted by atomic mass is 19.1. The maximum absolute atomic E-state index is 14.0. The van der Waals surface area contributed by atoms with E-state index < -0.39 is 5.97 Å². The quantitative estimate of drug-likeness (QED) is 0.468. The molecule has 1 heterocycles. The van der Waals surface area contributed by atoms with Crippen molar-refractivity contribution >= 4 is 11.9 Å². The Morgan fingerprint density at radius 1 is 1.31 bits per heavy atom. The lowest BCUT2D eigenvalue weighted by Gasteiger charge is -2.07. The number of methoxy groups -OCH3 is 1. The van der Waals surface area contributed by atoms with Crippen molar-refractivity contribution in [3.05, 3.63) is 59.2 Å². The van der Waals surface area contributed by atoms with Crippen molar-refractivity contribution in [1.82, 2.24) is 15.1 Å². The van der Waals surface area contributed by atoms with E-state index in [-0.39, 0.29) is 18.1 Å². The molecule has 0 radical (unpaired) electrons. The Hall–Kier alpha value is -2.96. The summed E-state index contributed by atoms with van der Waals surface area (Å²) in [4.78, 5) is 23.1. The van der Waals surface area contributed by atoms with Gasteiger partial charge >= 0.3 is 5.97 Å². The third-order valence-electron chi connectivity index (χ3n) is 3.95. The van der Waals surface area contributed by atoms with E-state index in [4.69, 9.17) is 0 Å². The molecule has 0 saturated heterocycles. The summed E-state index contributed by atoms with van der Waals surface area (Å²) in [6.45, 7) is 4.02. The number of amides is 1. The van der Waals surface area contributed by atoms with Crippen LogP contribution in [0.4, 0.5) is 4.39 Å². The van der Waals surface area contributed by atoms with Crippen molar-refractivity contribution in [2.45, 2.75) is 26.7 Å². The van der Waals surface area contributed by atoms with Crippen LogP contribution in [0.5, 0.6) is 0 Å². The molecule has 1 aromatic carbocycles. The fourth-order valence-electron chi connectivity index (χ4n) is 2.55. The molecule has 0 aliphatic carbocycles. The average Bonchev–Trinajstić information content (AvgIpc) is 2.89. The summed E-state index contributed by atoms with van der Waals surface area (Å²) in [7, 11) is 1.31. The molecule has 0 spiro atoms. The number of nitrogens with one attached hydrogen (secondary N) is 1. The smallest absolute Gasteiger partial charge is 0.330 e. The number of nitrogens with zero attached hydrogens (tertiary/aromatic N) is 2. The minimum absolute atomic E-state index is 0.157. The van der Waals surface area contributed by atoms with Crippen LogP contribution < -0.4 is 5.32 Å². The second-order valence-electron chi connectivity index (χ2n) is 5.75. The lowest BCUT2D eigenvalue weighted by atomic mass is 10.1. The highest BCUT2D eigenvalue weighted by molar-refractivity contribution is 5.81. The Bertz CT molecular complexity index is 827. The van der Waals surface area contributed by atoms with Crippen LogP contribution >= 0.6 is 0 Å². The first-order valence-corrected chi connectivity index (χ1v) is 8.25. The zero-order valence-electron chi connectivity index (χ0n) is 15.1. The number of benzene rings is 1. The maximum Gasteiger partial charge on any atom is 0.330 e. The minimum Gasteiger partial charge on any atom is -0.466 e. The van der Waals surface area contributed by atoms with Gasteiger partial charge in [-0.25, -0.2) is 13.9 Å². The third kappa shape index (κ3) is 4.78. The van der Waals surface area contributed by atoms with Gasteiger partial charge in [0.1, 0.15) is 11.5 Å². The molecule has 0 fully saturated rings. The molecule has 0 aliphatic rings. The maximum atomic E-state index is 14.0. The van der Waals surface area contributed by atoms with Crippen LogP contribution in [0.1, 0.15) is 23.4 Å². The second-order valence-corrected chi connectivity index (χ2v) is 5.75. The molecule has 0 unspecified atom stereocenters. The SMILES string of the molecule is COC(=O)/C=C/CCNC(=O)Cc1c(C)nn(-c2ccccc2F)c1C. The van der Waals surface area contributed by atoms with E-state index in [1.165, 1.54) is 23.9 Å². The number of esters is 1. The first-order valence-electron chi connectivity index (χ1n) is 8.25. The molecular weight excluding hydrogens is 337 g/mol. The van der Waals surface area contributed by atoms with Gasteiger partial charge in [-0.3, -0.25) is 4.79 Å². The van der Waals surface area contributed by atoms with Gasteiger partial charge in [-0.1, -0.05) is 18.2 Å². The van der Waals surface area contributed by atoms with Crippen LogP contribution in [-0.2, 0) is 20.7 Å². The molecule has 7 heteroatoms. The normalized spacial score (nSPS) is 10.9. The van der Waals surface area contributed by atoms with Crippen molar-refractivity contribution in [3.8, 4) is 5.69 Å². The molecule has 2 aromatic rings. The Morgan fingerprint density at radius 2 is 2.04 bits per heavy atom. The monoisotopic (exact) mass is 359 g/mol. The van der Waals surface area contributed by atoms with Gasteiger partial charge in [-0.15, -0.1) is 0 Å². The van der Waals surface area contributed by atoms with Gasteiger partial charge in [-0.05, 0) is 32.4 Å². The number of rotatable bonds is 7. The van der Waals surface area contributed by atoms with Crippen molar-refractivity contribution < 1.29 is 18.7 Å². The summed E-state index contributed by atoms with van der Waals surface area (Å²) in [5.74, 6) is -0.953. The first-order chi connectivity index (χ1) is 12.4. The fraction of sp³-hybridized carbons (Fsp3) is 0.316. The van der Waals surface area contributed by atoms with Gasteiger partial charge in [0, 0.05) is 23.9 Å². The number of hydrogen-bond acceptors (Lipinski definition) is 4. The second kappa shape index (κ2) is 8.94. The Balaban J connectivity index is 2.00. The summed E-state index contributed by atoms with van der Waals surface area (Å²) in [5, 5.41) is 7.15. The van der Waals surface area contributed by atoms with E-state index in [1.807, 2.05) is 6.92 Å². The Labute approximate surface area is 151 Å². The zero-order valence-corrected chi connectivity index (χ0v) is 15.1. The lowest BCUT2D eigenvalue weighted by molar-refractivity contribution is -0.134. The van der Waals surface area contributed by atoms with Gasteiger partial charge in [0.05, 0.1) is 19.2 Å². The molecular formula is C19H22FN3O3. The van der Waals surface area contributed by atoms with Gasteiger partial charge in [0.2, 0.25) is 5.91 Å². The van der Waals surface area contributed by atoms with E-state index in [2.05, 4.69) is 15.2 Å². The highest BCUT2D eigenvalue weighted by Gasteiger charge is 2.17. The van der Waals surface area contributed by atoms with Gasteiger partial charge < -0.3 is 10.1 Å². The van der Waals surface area contributed by atoms with Crippen LogP contribution in [0, 0.1) is 19.7 Å². The fourth-order valence-corrected chi connectivity index (χ4v) is 2.55. The van der Waals surface area contributed by atoms with Crippen molar-refractivity contribution in [2.75, 3.05) is 13.7 Å². The van der Waals surface area contributed by atoms with Crippen LogP contribution in [0.25, 0.3) is 5.69 Å². The van der Waals surface area contributed by atoms with E-state index in [0.717, 1.165) is 11.3 Å². The number of aryl methyl sites for hydroxylation is 1. The van der Waals surface area contributed by atoms with Crippen LogP contribution in [0.2, 0.25) is 0 Å². The number of hydrogen-bond donors (Lipinski definition) is 1. The van der Waals surface area contributed by atoms with Gasteiger partial charge in [-0.2, -0.15) is 5.10 Å². The lowest BCUT2D eigenvalue weighted by Crippen LogP contribution is -2.26. The molecule has 6 nitrogen and oxygen atoms in total. The first kappa shape index (κ1) is 19.4. The summed E-state index contributed by atoms with van der Waals surface area (Å²) >= 11 is 0. The number of para-hydroxylation sites is 1. The molecule has 1 aromatic heterocycles. The summed E-state index contributed by atoms with van der Waals surface area (Å²) in [6.07, 6.45) is 3.64. The molecule has 0 bridgehead atoms. The molecule has 0 aliphatic heterocycles. The largest absolute Gasteiger partial charge is 0.466 e. The molecule has 138 valence electrons. The van der Waals surface area contributed by atoms with Crippen LogP contribution in [0.15, 0.2) is 36.4 Å². The number of carbonyl (C=O) groups excluding carboxylic acids is 2. The summed E-state index contributed by atoms with van der Waals surface area (Å²) in [6, 6.07) is 6.38. The number of carbonyl (C=O) groups is 2. The van der Waals surface area contributed by atoms with Gasteiger partial charge in [0.15, 0.2) is 0 Å². The third-order valence-corrected chi connectivity index (χ3v) is 3.95. The van der Waals surface area contributed by atoms with Crippen molar-refractivity contribution in [2.24, 2.45) is 0 Å². The minimum atomic E-state index is -0.428. The molecule has 2 rings (SSSR count). The van der Waals surface area contributed by atoms with E-state index in [1.54, 1.807) is 31.2 Å². The average molecular weight is 359 g/mol. The summed E-state index contributed by atoms with van der Waals surface area (Å²) < 4.78 is 20.0. The zero-order chi connectivity index (χ0) is 19.1. The van der Waals surface area contributed by atoms with E-state index in [9.17, 15) is 14.0 Å². The molecule has 0 atom stereocenters. The number of halogens is 1. The standard InChI is InChI=1S/C19H22FN3O3/c1-13-15(12-18(24)21-11-7-6-10-19(25)26-3)14(2)23(22-13)17-9-5-4-8-16(17)20/h4-6,8-10H,7,11-12H2,1-3H3,(H,21,24)/b10-6+. The Morgan fingerprint density at radius 3 is 2.73 bits per heavy atom. The highest BCUT2D eigenvalue weighted by Crippen LogP contribution is 2.20. The van der Waals surface area contributed by atoms with Crippen molar-refractivity contribution in [3.63, 3.8) is 0 Å². The predicted molar refractivity (Wildman–Crippen MR) is 95.5 cm³/mol. The predicted octanol–water partition coefficient (Wildman–Crippen LogP) is 2.41. The van der Waals surface area contributed by atoms with E-state index in [0.29, 0.717) is 24.3 Å². The molecule has 1 amide bonds. The van der Waals surface area contributed by atoms with Crippen LogP contribution in [-0.4, -0.2) is 35.3 Å². The van der Waals surface area contributed by atoms with Crippen LogP contribution in [0.3, 0.4) is 0 Å². The number of aromatic nitrogens is 2. The van der Waals surface area contributed by atoms with Crippen molar-refractivity contribution in [1.29, 1.82) is 0 Å². The van der Waals surface area contributed by atoms with Gasteiger partial charge in [0.25, 0.3) is 0 Å².